The highest BCUT2D eigenvalue weighted by Gasteiger charge is 2.40. The second kappa shape index (κ2) is 56.5. The number of benzene rings is 5. The molecule has 10 aromatic rings. The summed E-state index contributed by atoms with van der Waals surface area (Å²) in [7, 11) is 3.51. The minimum Gasteiger partial charge on any atom is -0.465 e. The topological polar surface area (TPSA) is 396 Å². The first-order valence-corrected chi connectivity index (χ1v) is 54.4. The molecule has 11 rings (SSSR count). The summed E-state index contributed by atoms with van der Waals surface area (Å²) in [4.78, 5) is 88.5. The normalized spacial score (nSPS) is 14.1. The van der Waals surface area contributed by atoms with Crippen molar-refractivity contribution in [3.05, 3.63) is 232 Å². The lowest BCUT2D eigenvalue weighted by molar-refractivity contribution is -0.124. The Morgan fingerprint density at radius 2 is 0.752 bits per heavy atom. The number of ether oxygens (including phenoxy) is 5. The van der Waals surface area contributed by atoms with Crippen LogP contribution in [-0.2, 0) is 37.3 Å². The predicted molar refractivity (Wildman–Crippen MR) is 556 cm³/mol. The standard InChI is InChI=1S/C23H28N4O3S.C21H31NO3SSi.C15H16N4O2S.C15H17NO3S.C12H9BrO2S.C9H23NOSi.C3H9NO/c1-15-9-11-18(12-10-15)22(28)27(16(2)14-25-26-24)19-13-20(17-7-5-4-6-8-17)31-21(19)23(29)30-3;1-15(14-25-27(6,7)21(2,3)4)22-17-13-18(16-11-9-8-10-12-16)26-19(17)20(23)24-5;1-10(9-17-19-16)18-12-8-13(11-6-4-3-5-7-11)22-14(12)15(20)21-2;1-10(9-17)16-12-8-13(11-6-4-3-5-7-11)20-14(12)15(18)19-2;1-15-12(14)11-9(13)7-10(16-11)8-5-3-2-4-6-8;1-8(10)7-11-12(5,6)9(2,3)4;1-3(4)2-5/h4-8,13,15-16,18H,9-12,14H2,1-3H3;8-13,15,22H,14H2,1-7H3;3-8,10,18H,9H2,1-2H3;3-8,10,16-17H,9H2,1-2H3;2-7H,1H3;8H,7,10H2,1-6H3;3,5H,2,4H2,1H3/t;;;;;8-;3-/m.....00/s1. The Morgan fingerprint density at radius 3 is 1.08 bits per heavy atom. The van der Waals surface area contributed by atoms with Gasteiger partial charge in [0.25, 0.3) is 0 Å². The lowest BCUT2D eigenvalue weighted by Crippen LogP contribution is -2.45. The molecule has 1 amide bonds. The number of aliphatic hydroxyl groups is 2. The first-order valence-electron chi connectivity index (χ1n) is 43.7. The van der Waals surface area contributed by atoms with E-state index in [9.17, 15) is 28.8 Å². The van der Waals surface area contributed by atoms with Crippen molar-refractivity contribution in [3.63, 3.8) is 0 Å². The summed E-state index contributed by atoms with van der Waals surface area (Å²) in [5, 5.41) is 34.6. The van der Waals surface area contributed by atoms with Gasteiger partial charge in [0.1, 0.15) is 24.4 Å². The SMILES string of the molecule is COC(=O)c1sc(-c2ccccc2)cc1Br.COC(=O)c1sc(-c2ccccc2)cc1N(C(=O)C1CCC(C)CC1)C(C)CN=[N+]=[N-].COC(=O)c1sc(-c2ccccc2)cc1NC(C)CN=[N+]=[N-].COC(=O)c1sc(-c2ccccc2)cc1NC(C)CO.COC(=O)c1sc(-c2ccccc2)cc1NC(C)CO[Si](C)(C)C(C)(C)C.C[C@H](N)CO.C[C@H](N)CO[Si](C)(C)C(C)(C)C. The van der Waals surface area contributed by atoms with Crippen molar-refractivity contribution in [2.75, 3.05) is 95.9 Å². The molecule has 4 unspecified atom stereocenters. The number of nitrogens with zero attached hydrogens (tertiary/aromatic N) is 7. The highest BCUT2D eigenvalue weighted by Crippen LogP contribution is 2.44. The summed E-state index contributed by atoms with van der Waals surface area (Å²) in [5.74, 6) is -1.36. The van der Waals surface area contributed by atoms with E-state index in [1.807, 2.05) is 210 Å². The monoisotopic (exact) mass is 2010 g/mol. The fraction of sp³-hybridized carbons (Fsp3) is 0.429. The van der Waals surface area contributed by atoms with E-state index in [2.05, 4.69) is 134 Å². The van der Waals surface area contributed by atoms with Gasteiger partial charge in [0.15, 0.2) is 16.6 Å². The second-order valence-electron chi connectivity index (χ2n) is 34.9. The Kier molecular flexibility index (Phi) is 48.2. The van der Waals surface area contributed by atoms with Crippen molar-refractivity contribution in [2.24, 2.45) is 33.5 Å². The van der Waals surface area contributed by atoms with E-state index in [-0.39, 0.29) is 96.8 Å². The molecule has 0 bridgehead atoms. The number of hydrogen-bond acceptors (Lipinski definition) is 27. The van der Waals surface area contributed by atoms with Crippen LogP contribution in [0, 0.1) is 11.8 Å². The number of hydrogen-bond donors (Lipinski definition) is 7. The molecular weight excluding hydrogens is 1880 g/mol. The van der Waals surface area contributed by atoms with Crippen LogP contribution in [0.1, 0.15) is 164 Å². The van der Waals surface area contributed by atoms with Crippen molar-refractivity contribution in [3.8, 4) is 52.2 Å². The molecule has 9 N–H and O–H groups in total. The molecule has 720 valence electrons. The molecule has 133 heavy (non-hydrogen) atoms. The largest absolute Gasteiger partial charge is 0.465 e. The number of nitrogens with one attached hydrogen (secondary N) is 3. The van der Waals surface area contributed by atoms with Gasteiger partial charge in [-0.05, 0) is 195 Å². The molecule has 1 aliphatic carbocycles. The molecule has 0 spiro atoms. The van der Waals surface area contributed by atoms with Crippen LogP contribution in [0.5, 0.6) is 0 Å². The Labute approximate surface area is 814 Å². The van der Waals surface area contributed by atoms with Crippen molar-refractivity contribution < 1.29 is 71.5 Å². The van der Waals surface area contributed by atoms with Gasteiger partial charge in [-0.15, -0.1) is 56.7 Å². The van der Waals surface area contributed by atoms with Crippen molar-refractivity contribution in [2.45, 2.75) is 188 Å². The molecular formula is C98H133BrN12O15S5Si2. The number of thiophene rings is 5. The third kappa shape index (κ3) is 36.4. The van der Waals surface area contributed by atoms with Gasteiger partial charge >= 0.3 is 29.8 Å². The summed E-state index contributed by atoms with van der Waals surface area (Å²) in [6.07, 6.45) is 3.68. The van der Waals surface area contributed by atoms with E-state index in [1.54, 1.807) is 11.8 Å². The molecule has 0 aliphatic heterocycles. The van der Waals surface area contributed by atoms with Crippen LogP contribution in [0.25, 0.3) is 73.1 Å². The molecule has 0 saturated heterocycles. The van der Waals surface area contributed by atoms with E-state index in [0.717, 1.165) is 88.0 Å². The van der Waals surface area contributed by atoms with Gasteiger partial charge in [-0.25, -0.2) is 24.0 Å². The van der Waals surface area contributed by atoms with Gasteiger partial charge in [0.2, 0.25) is 5.91 Å². The van der Waals surface area contributed by atoms with E-state index in [0.29, 0.717) is 72.2 Å². The highest BCUT2D eigenvalue weighted by atomic mass is 79.9. The molecule has 27 nitrogen and oxygen atoms in total. The number of carbonyl (C=O) groups is 6. The number of amides is 1. The quantitative estimate of drug-likeness (QED) is 0.00530. The lowest BCUT2D eigenvalue weighted by Gasteiger charge is -2.37. The maximum Gasteiger partial charge on any atom is 0.350 e. The zero-order valence-corrected chi connectivity index (χ0v) is 88.1. The number of azide groups is 2. The minimum atomic E-state index is -1.80. The Morgan fingerprint density at radius 1 is 0.451 bits per heavy atom. The number of esters is 5. The first kappa shape index (κ1) is 114. The average Bonchev–Trinajstić information content (AvgIpc) is 1.63. The van der Waals surface area contributed by atoms with Gasteiger partial charge in [-0.2, -0.15) is 0 Å². The lowest BCUT2D eigenvalue weighted by atomic mass is 9.82. The summed E-state index contributed by atoms with van der Waals surface area (Å²) in [6.45, 7) is 37.8. The molecule has 1 aliphatic rings. The van der Waals surface area contributed by atoms with Crippen LogP contribution >= 0.6 is 72.6 Å². The maximum atomic E-state index is 13.7. The second-order valence-corrected chi connectivity index (χ2v) is 50.6. The zero-order chi connectivity index (χ0) is 98.9. The molecule has 6 atom stereocenters. The first-order chi connectivity index (χ1) is 63.0. The highest BCUT2D eigenvalue weighted by molar-refractivity contribution is 9.10. The number of nitrogens with two attached hydrogens (primary N) is 2. The van der Waals surface area contributed by atoms with E-state index in [1.165, 1.54) is 92.2 Å². The third-order valence-corrected chi connectivity index (χ3v) is 37.4. The van der Waals surface area contributed by atoms with Gasteiger partial charge in [0.05, 0.1) is 78.1 Å². The van der Waals surface area contributed by atoms with Crippen molar-refractivity contribution in [1.82, 2.24) is 0 Å². The van der Waals surface area contributed by atoms with Gasteiger partial charge < -0.3 is 75.1 Å². The predicted octanol–water partition coefficient (Wildman–Crippen LogP) is 25.0. The van der Waals surface area contributed by atoms with Crippen LogP contribution in [0.15, 0.2) is 197 Å². The van der Waals surface area contributed by atoms with Gasteiger partial charge in [0, 0.05) is 101 Å². The van der Waals surface area contributed by atoms with Crippen LogP contribution in [0.2, 0.25) is 36.3 Å². The van der Waals surface area contributed by atoms with Gasteiger partial charge in [-0.3, -0.25) is 4.79 Å². The molecule has 1 saturated carbocycles. The Hall–Kier alpha value is -9.89. The Balaban J connectivity index is 0.000000285. The molecule has 0 radical (unpaired) electrons. The fourth-order valence-electron chi connectivity index (χ4n) is 12.1. The maximum absolute atomic E-state index is 13.7. The summed E-state index contributed by atoms with van der Waals surface area (Å²) in [6, 6.07) is 58.6. The van der Waals surface area contributed by atoms with Crippen LogP contribution in [-0.4, -0.2) is 174 Å². The smallest absolute Gasteiger partial charge is 0.350 e. The Bertz CT molecular complexity index is 5340. The molecule has 5 aromatic carbocycles. The van der Waals surface area contributed by atoms with E-state index in [4.69, 9.17) is 65.3 Å². The summed E-state index contributed by atoms with van der Waals surface area (Å²) >= 11 is 10.3. The molecule has 5 aromatic heterocycles. The molecule has 35 heteroatoms. The number of carbonyl (C=O) groups excluding carboxylic acids is 6. The summed E-state index contributed by atoms with van der Waals surface area (Å²) in [5.41, 5.74) is 35.8. The molecule has 5 heterocycles. The van der Waals surface area contributed by atoms with Crippen LogP contribution < -0.4 is 32.3 Å². The average molecular weight is 2020 g/mol. The van der Waals surface area contributed by atoms with Crippen molar-refractivity contribution >= 4 is 148 Å². The number of rotatable bonds is 31. The van der Waals surface area contributed by atoms with Crippen LogP contribution in [0.3, 0.4) is 0 Å². The third-order valence-electron chi connectivity index (χ3n) is 21.7. The number of methoxy groups -OCH3 is 5. The van der Waals surface area contributed by atoms with E-state index < -0.39 is 22.6 Å². The number of halogens is 1. The summed E-state index contributed by atoms with van der Waals surface area (Å²) < 4.78 is 37.3. The number of anilines is 4. The minimum absolute atomic E-state index is 0.00285. The number of aliphatic hydroxyl groups excluding tert-OH is 2. The van der Waals surface area contributed by atoms with Crippen LogP contribution in [0.4, 0.5) is 22.7 Å². The zero-order valence-electron chi connectivity index (χ0n) is 80.4. The van der Waals surface area contributed by atoms with Gasteiger partial charge in [-0.1, -0.05) is 210 Å². The van der Waals surface area contributed by atoms with Crippen molar-refractivity contribution in [1.29, 1.82) is 0 Å². The fourth-order valence-corrected chi connectivity index (χ4v) is 20.2. The van der Waals surface area contributed by atoms with E-state index >= 15 is 0 Å². The molecule has 1 fully saturated rings.